The number of benzene rings is 2. The van der Waals surface area contributed by atoms with E-state index in [1.807, 2.05) is 30.3 Å². The maximum absolute atomic E-state index is 13.4. The molecule has 0 unspecified atom stereocenters. The fraction of sp³-hybridized carbons (Fsp3) is 0.276. The van der Waals surface area contributed by atoms with E-state index in [0.29, 0.717) is 54.6 Å². The van der Waals surface area contributed by atoms with E-state index in [9.17, 15) is 18.0 Å². The summed E-state index contributed by atoms with van der Waals surface area (Å²) >= 11 is 0. The number of aromatic nitrogens is 2. The molecule has 1 aliphatic heterocycles. The lowest BCUT2D eigenvalue weighted by molar-refractivity contribution is -0.137. The zero-order valence-electron chi connectivity index (χ0n) is 21.3. The molecule has 4 aromatic rings. The first-order valence-corrected chi connectivity index (χ1v) is 12.5. The highest BCUT2D eigenvalue weighted by molar-refractivity contribution is 5.91. The third-order valence-electron chi connectivity index (χ3n) is 6.62. The molecule has 0 bridgehead atoms. The van der Waals surface area contributed by atoms with Crippen molar-refractivity contribution >= 4 is 11.7 Å². The Balaban J connectivity index is 1.52. The number of alkyl halides is 3. The second kappa shape index (κ2) is 11.3. The van der Waals surface area contributed by atoms with Crippen LogP contribution in [0.2, 0.25) is 0 Å². The molecule has 0 aliphatic carbocycles. The molecule has 1 aliphatic rings. The van der Waals surface area contributed by atoms with E-state index >= 15 is 0 Å². The highest BCUT2D eigenvalue weighted by atomic mass is 19.4. The van der Waals surface area contributed by atoms with Gasteiger partial charge >= 0.3 is 6.18 Å². The fourth-order valence-electron chi connectivity index (χ4n) is 4.67. The quantitative estimate of drug-likeness (QED) is 0.313. The molecule has 0 saturated carbocycles. The monoisotopic (exact) mass is 536 g/mol. The fourth-order valence-corrected chi connectivity index (χ4v) is 4.67. The number of amides is 1. The summed E-state index contributed by atoms with van der Waals surface area (Å²) in [5.74, 6) is 1.22. The first kappa shape index (κ1) is 26.4. The van der Waals surface area contributed by atoms with Gasteiger partial charge in [0.1, 0.15) is 5.82 Å². The Bertz CT molecular complexity index is 1420. The summed E-state index contributed by atoms with van der Waals surface area (Å²) < 4.78 is 51.0. The predicted octanol–water partition coefficient (Wildman–Crippen LogP) is 5.46. The average Bonchev–Trinajstić information content (AvgIpc) is 3.49. The van der Waals surface area contributed by atoms with E-state index in [4.69, 9.17) is 19.1 Å². The van der Waals surface area contributed by atoms with E-state index in [1.165, 1.54) is 12.3 Å². The summed E-state index contributed by atoms with van der Waals surface area (Å²) in [6.07, 6.45) is -2.79. The van der Waals surface area contributed by atoms with Gasteiger partial charge in [0.25, 0.3) is 5.91 Å². The van der Waals surface area contributed by atoms with Gasteiger partial charge in [-0.1, -0.05) is 48.5 Å². The minimum absolute atomic E-state index is 0.167. The average molecular weight is 537 g/mol. The van der Waals surface area contributed by atoms with E-state index < -0.39 is 11.7 Å². The minimum Gasteiger partial charge on any atom is -0.459 e. The van der Waals surface area contributed by atoms with Crippen molar-refractivity contribution in [1.29, 1.82) is 0 Å². The van der Waals surface area contributed by atoms with Gasteiger partial charge in [-0.05, 0) is 23.8 Å². The smallest absolute Gasteiger partial charge is 0.416 e. The van der Waals surface area contributed by atoms with Crippen LogP contribution in [0.15, 0.2) is 77.4 Å². The summed E-state index contributed by atoms with van der Waals surface area (Å²) in [5.41, 5.74) is 1.90. The van der Waals surface area contributed by atoms with Crippen molar-refractivity contribution in [3.05, 3.63) is 101 Å². The number of furan rings is 1. The SMILES string of the molecule is COCc1nc(-c2ccccc2)nc(N2CCN(C(=O)c3ccco3)CC2)c1Cc1cccc(C(F)(F)F)c1. The summed E-state index contributed by atoms with van der Waals surface area (Å²) in [5, 5.41) is 0. The van der Waals surface area contributed by atoms with Crippen LogP contribution in [0, 0.1) is 0 Å². The lowest BCUT2D eigenvalue weighted by atomic mass is 10.0. The van der Waals surface area contributed by atoms with Crippen LogP contribution < -0.4 is 4.90 Å². The maximum atomic E-state index is 13.4. The lowest BCUT2D eigenvalue weighted by Gasteiger charge is -2.36. The molecule has 0 atom stereocenters. The number of piperazine rings is 1. The molecule has 39 heavy (non-hydrogen) atoms. The molecule has 3 heterocycles. The number of halogens is 3. The molecule has 1 saturated heterocycles. The number of anilines is 1. The maximum Gasteiger partial charge on any atom is 0.416 e. The van der Waals surface area contributed by atoms with Crippen molar-refractivity contribution < 1.29 is 27.1 Å². The number of hydrogen-bond acceptors (Lipinski definition) is 6. The van der Waals surface area contributed by atoms with Crippen LogP contribution in [0.3, 0.4) is 0 Å². The van der Waals surface area contributed by atoms with Crippen LogP contribution >= 0.6 is 0 Å². The lowest BCUT2D eigenvalue weighted by Crippen LogP contribution is -2.49. The largest absolute Gasteiger partial charge is 0.459 e. The highest BCUT2D eigenvalue weighted by Crippen LogP contribution is 2.32. The molecular formula is C29H27F3N4O3. The van der Waals surface area contributed by atoms with Gasteiger partial charge in [-0.2, -0.15) is 13.2 Å². The molecule has 0 N–H and O–H groups in total. The Morgan fingerprint density at radius 1 is 0.974 bits per heavy atom. The minimum atomic E-state index is -4.45. The first-order chi connectivity index (χ1) is 18.8. The number of ether oxygens (including phenoxy) is 1. The van der Waals surface area contributed by atoms with Gasteiger partial charge in [0.2, 0.25) is 0 Å². The van der Waals surface area contributed by atoms with Crippen LogP contribution in [-0.2, 0) is 23.9 Å². The van der Waals surface area contributed by atoms with E-state index in [0.717, 1.165) is 17.7 Å². The van der Waals surface area contributed by atoms with Gasteiger partial charge in [-0.15, -0.1) is 0 Å². The molecule has 2 aromatic carbocycles. The molecular weight excluding hydrogens is 509 g/mol. The molecule has 0 spiro atoms. The molecule has 2 aromatic heterocycles. The first-order valence-electron chi connectivity index (χ1n) is 12.5. The topological polar surface area (TPSA) is 71.7 Å². The van der Waals surface area contributed by atoms with Crippen molar-refractivity contribution in [2.75, 3.05) is 38.2 Å². The van der Waals surface area contributed by atoms with Gasteiger partial charge in [-0.25, -0.2) is 9.97 Å². The van der Waals surface area contributed by atoms with Crippen molar-refractivity contribution in [2.24, 2.45) is 0 Å². The van der Waals surface area contributed by atoms with Crippen molar-refractivity contribution in [3.63, 3.8) is 0 Å². The molecule has 7 nitrogen and oxygen atoms in total. The summed E-state index contributed by atoms with van der Waals surface area (Å²) in [4.78, 5) is 26.2. The summed E-state index contributed by atoms with van der Waals surface area (Å²) in [6.45, 7) is 2.01. The Kier molecular flexibility index (Phi) is 7.65. The van der Waals surface area contributed by atoms with Gasteiger partial charge in [0, 0.05) is 50.8 Å². The van der Waals surface area contributed by atoms with Gasteiger partial charge in [0.15, 0.2) is 11.6 Å². The van der Waals surface area contributed by atoms with Crippen LogP contribution in [0.1, 0.15) is 32.9 Å². The summed E-state index contributed by atoms with van der Waals surface area (Å²) in [6, 6.07) is 18.1. The molecule has 5 rings (SSSR count). The number of methoxy groups -OCH3 is 1. The third-order valence-corrected chi connectivity index (χ3v) is 6.62. The molecule has 1 fully saturated rings. The van der Waals surface area contributed by atoms with Crippen molar-refractivity contribution in [2.45, 2.75) is 19.2 Å². The number of nitrogens with zero attached hydrogens (tertiary/aromatic N) is 4. The molecule has 1 amide bonds. The molecule has 10 heteroatoms. The molecule has 202 valence electrons. The van der Waals surface area contributed by atoms with E-state index in [-0.39, 0.29) is 24.7 Å². The Labute approximate surface area is 223 Å². The number of carbonyl (C=O) groups is 1. The van der Waals surface area contributed by atoms with E-state index in [2.05, 4.69) is 4.90 Å². The highest BCUT2D eigenvalue weighted by Gasteiger charge is 2.31. The molecule has 0 radical (unpaired) electrons. The Hall–Kier alpha value is -4.18. The normalized spacial score (nSPS) is 14.1. The van der Waals surface area contributed by atoms with Gasteiger partial charge < -0.3 is 19.0 Å². The van der Waals surface area contributed by atoms with E-state index in [1.54, 1.807) is 30.2 Å². The standard InChI is InChI=1S/C29H27F3N4O3/c1-38-19-24-23(18-20-7-5-10-22(17-20)29(30,31)32)27(34-26(33-24)21-8-3-2-4-9-21)35-12-14-36(15-13-35)28(37)25-11-6-16-39-25/h2-11,16-17H,12-15,18-19H2,1H3. The van der Waals surface area contributed by atoms with Gasteiger partial charge in [0.05, 0.1) is 24.1 Å². The zero-order valence-corrected chi connectivity index (χ0v) is 21.3. The predicted molar refractivity (Wildman–Crippen MR) is 139 cm³/mol. The van der Waals surface area contributed by atoms with Gasteiger partial charge in [-0.3, -0.25) is 4.79 Å². The summed E-state index contributed by atoms with van der Waals surface area (Å²) in [7, 11) is 1.55. The van der Waals surface area contributed by atoms with Crippen molar-refractivity contribution in [1.82, 2.24) is 14.9 Å². The second-order valence-electron chi connectivity index (χ2n) is 9.23. The van der Waals surface area contributed by atoms with Crippen LogP contribution in [-0.4, -0.2) is 54.1 Å². The number of rotatable bonds is 7. The number of hydrogen-bond donors (Lipinski definition) is 0. The third kappa shape index (κ3) is 5.96. The van der Waals surface area contributed by atoms with Crippen LogP contribution in [0.25, 0.3) is 11.4 Å². The van der Waals surface area contributed by atoms with Crippen LogP contribution in [0.5, 0.6) is 0 Å². The van der Waals surface area contributed by atoms with Crippen molar-refractivity contribution in [3.8, 4) is 11.4 Å². The second-order valence-corrected chi connectivity index (χ2v) is 9.23. The Morgan fingerprint density at radius 2 is 1.74 bits per heavy atom. The Morgan fingerprint density at radius 3 is 2.41 bits per heavy atom. The van der Waals surface area contributed by atoms with Crippen LogP contribution in [0.4, 0.5) is 19.0 Å². The zero-order chi connectivity index (χ0) is 27.4. The number of carbonyl (C=O) groups excluding carboxylic acids is 1.